The molecule has 0 aromatic rings. The monoisotopic (exact) mass is 185 g/mol. The molecule has 0 aromatic carbocycles. The Morgan fingerprint density at radius 1 is 1.31 bits per heavy atom. The van der Waals surface area contributed by atoms with E-state index in [1.807, 2.05) is 0 Å². The summed E-state index contributed by atoms with van der Waals surface area (Å²) in [5.41, 5.74) is 0. The van der Waals surface area contributed by atoms with Gasteiger partial charge in [0.15, 0.2) is 0 Å². The van der Waals surface area contributed by atoms with Crippen LogP contribution in [0.5, 0.6) is 0 Å². The minimum Gasteiger partial charge on any atom is -0.374 e. The van der Waals surface area contributed by atoms with Crippen molar-refractivity contribution in [2.75, 3.05) is 13.6 Å². The third kappa shape index (κ3) is 2.96. The van der Waals surface area contributed by atoms with Crippen LogP contribution in [0.4, 0.5) is 0 Å². The van der Waals surface area contributed by atoms with Gasteiger partial charge < -0.3 is 9.64 Å². The Labute approximate surface area is 82.3 Å². The van der Waals surface area contributed by atoms with Crippen molar-refractivity contribution >= 4 is 0 Å². The van der Waals surface area contributed by atoms with E-state index in [-0.39, 0.29) is 0 Å². The van der Waals surface area contributed by atoms with E-state index in [0.717, 1.165) is 0 Å². The molecule has 78 valence electrons. The Bertz CT molecular complexity index is 145. The lowest BCUT2D eigenvalue weighted by molar-refractivity contribution is -0.0766. The predicted octanol–water partition coefficient (Wildman–Crippen LogP) is 2.28. The molecule has 3 atom stereocenters. The van der Waals surface area contributed by atoms with Crippen LogP contribution in [0, 0.1) is 0 Å². The topological polar surface area (TPSA) is 12.5 Å². The van der Waals surface area contributed by atoms with E-state index in [9.17, 15) is 0 Å². The highest BCUT2D eigenvalue weighted by molar-refractivity contribution is 4.81. The van der Waals surface area contributed by atoms with Gasteiger partial charge in [-0.3, -0.25) is 0 Å². The molecule has 0 bridgehead atoms. The third-order valence-electron chi connectivity index (χ3n) is 3.00. The molecule has 0 spiro atoms. The molecule has 3 unspecified atom stereocenters. The van der Waals surface area contributed by atoms with E-state index in [1.165, 1.54) is 25.8 Å². The molecule has 0 saturated carbocycles. The summed E-state index contributed by atoms with van der Waals surface area (Å²) in [6.45, 7) is 7.79. The molecule has 1 aliphatic heterocycles. The van der Waals surface area contributed by atoms with Crippen LogP contribution in [-0.2, 0) is 4.74 Å². The number of likely N-dealkylation sites (N-methyl/N-ethyl adjacent to an activating group) is 1. The molecule has 1 heterocycles. The summed E-state index contributed by atoms with van der Waals surface area (Å²) in [7, 11) is 2.21. The molecule has 1 fully saturated rings. The standard InChI is InChI=1S/C11H23NO/c1-5-8-12(4)11-7-6-9(2)13-10(11)3/h9-11H,5-8H2,1-4H3. The molecular formula is C11H23NO. The fraction of sp³-hybridized carbons (Fsp3) is 1.00. The maximum atomic E-state index is 5.82. The Kier molecular flexibility index (Phi) is 4.20. The molecule has 1 aliphatic rings. The van der Waals surface area contributed by atoms with Crippen LogP contribution in [0.1, 0.15) is 40.0 Å². The van der Waals surface area contributed by atoms with Gasteiger partial charge in [0.2, 0.25) is 0 Å². The van der Waals surface area contributed by atoms with E-state index >= 15 is 0 Å². The van der Waals surface area contributed by atoms with E-state index < -0.39 is 0 Å². The Morgan fingerprint density at radius 3 is 2.54 bits per heavy atom. The van der Waals surface area contributed by atoms with Gasteiger partial charge in [-0.15, -0.1) is 0 Å². The van der Waals surface area contributed by atoms with Gasteiger partial charge in [-0.2, -0.15) is 0 Å². The van der Waals surface area contributed by atoms with Crippen LogP contribution in [0.25, 0.3) is 0 Å². The van der Waals surface area contributed by atoms with Crippen molar-refractivity contribution in [3.63, 3.8) is 0 Å². The van der Waals surface area contributed by atoms with Crippen molar-refractivity contribution in [2.24, 2.45) is 0 Å². The molecule has 0 N–H and O–H groups in total. The second kappa shape index (κ2) is 4.97. The molecule has 1 saturated heterocycles. The van der Waals surface area contributed by atoms with Gasteiger partial charge in [-0.05, 0) is 46.7 Å². The molecule has 13 heavy (non-hydrogen) atoms. The summed E-state index contributed by atoms with van der Waals surface area (Å²) in [5.74, 6) is 0. The first kappa shape index (κ1) is 11.0. The average molecular weight is 185 g/mol. The normalized spacial score (nSPS) is 35.3. The van der Waals surface area contributed by atoms with Gasteiger partial charge in [0.25, 0.3) is 0 Å². The molecule has 0 radical (unpaired) electrons. The Balaban J connectivity index is 2.40. The quantitative estimate of drug-likeness (QED) is 0.669. The van der Waals surface area contributed by atoms with E-state index in [2.05, 4.69) is 32.7 Å². The fourth-order valence-corrected chi connectivity index (χ4v) is 2.26. The molecule has 2 nitrogen and oxygen atoms in total. The van der Waals surface area contributed by atoms with E-state index in [0.29, 0.717) is 18.2 Å². The van der Waals surface area contributed by atoms with Crippen molar-refractivity contribution in [3.05, 3.63) is 0 Å². The second-order valence-corrected chi connectivity index (χ2v) is 4.28. The van der Waals surface area contributed by atoms with E-state index in [4.69, 9.17) is 4.74 Å². The second-order valence-electron chi connectivity index (χ2n) is 4.28. The van der Waals surface area contributed by atoms with Crippen LogP contribution >= 0.6 is 0 Å². The van der Waals surface area contributed by atoms with Gasteiger partial charge in [-0.25, -0.2) is 0 Å². The lowest BCUT2D eigenvalue weighted by Crippen LogP contribution is -2.46. The van der Waals surface area contributed by atoms with Gasteiger partial charge in [-0.1, -0.05) is 6.92 Å². The lowest BCUT2D eigenvalue weighted by atomic mass is 9.99. The van der Waals surface area contributed by atoms with Crippen molar-refractivity contribution < 1.29 is 4.74 Å². The van der Waals surface area contributed by atoms with Crippen molar-refractivity contribution in [2.45, 2.75) is 58.3 Å². The molecule has 2 heteroatoms. The van der Waals surface area contributed by atoms with Crippen molar-refractivity contribution in [1.29, 1.82) is 0 Å². The summed E-state index contributed by atoms with van der Waals surface area (Å²) < 4.78 is 5.82. The number of ether oxygens (including phenoxy) is 1. The molecule has 0 amide bonds. The zero-order chi connectivity index (χ0) is 9.84. The van der Waals surface area contributed by atoms with E-state index in [1.54, 1.807) is 0 Å². The minimum absolute atomic E-state index is 0.403. The fourth-order valence-electron chi connectivity index (χ4n) is 2.26. The van der Waals surface area contributed by atoms with Crippen LogP contribution in [0.15, 0.2) is 0 Å². The van der Waals surface area contributed by atoms with Gasteiger partial charge >= 0.3 is 0 Å². The molecule has 0 aromatic heterocycles. The summed E-state index contributed by atoms with van der Waals surface area (Å²) in [5, 5.41) is 0. The Morgan fingerprint density at radius 2 is 2.00 bits per heavy atom. The molecule has 1 rings (SSSR count). The number of rotatable bonds is 3. The third-order valence-corrected chi connectivity index (χ3v) is 3.00. The highest BCUT2D eigenvalue weighted by Gasteiger charge is 2.28. The average Bonchev–Trinajstić information content (AvgIpc) is 2.04. The molecule has 0 aliphatic carbocycles. The summed E-state index contributed by atoms with van der Waals surface area (Å²) in [4.78, 5) is 2.44. The van der Waals surface area contributed by atoms with Crippen molar-refractivity contribution in [3.8, 4) is 0 Å². The minimum atomic E-state index is 0.403. The SMILES string of the molecule is CCCN(C)C1CCC(C)OC1C. The van der Waals surface area contributed by atoms with Crippen LogP contribution in [-0.4, -0.2) is 36.7 Å². The van der Waals surface area contributed by atoms with Crippen LogP contribution in [0.2, 0.25) is 0 Å². The first-order valence-electron chi connectivity index (χ1n) is 5.50. The Hall–Kier alpha value is -0.0800. The highest BCUT2D eigenvalue weighted by atomic mass is 16.5. The largest absolute Gasteiger partial charge is 0.374 e. The molecular weight excluding hydrogens is 162 g/mol. The van der Waals surface area contributed by atoms with Gasteiger partial charge in [0.1, 0.15) is 0 Å². The van der Waals surface area contributed by atoms with Crippen LogP contribution in [0.3, 0.4) is 0 Å². The van der Waals surface area contributed by atoms with Gasteiger partial charge in [0, 0.05) is 6.04 Å². The first-order chi connectivity index (χ1) is 6.15. The van der Waals surface area contributed by atoms with Crippen LogP contribution < -0.4 is 0 Å². The highest BCUT2D eigenvalue weighted by Crippen LogP contribution is 2.22. The first-order valence-corrected chi connectivity index (χ1v) is 5.50. The number of nitrogens with zero attached hydrogens (tertiary/aromatic N) is 1. The summed E-state index contributed by atoms with van der Waals surface area (Å²) in [6, 6.07) is 0.635. The number of hydrogen-bond acceptors (Lipinski definition) is 2. The number of hydrogen-bond donors (Lipinski definition) is 0. The van der Waals surface area contributed by atoms with Crippen molar-refractivity contribution in [1.82, 2.24) is 4.90 Å². The lowest BCUT2D eigenvalue weighted by Gasteiger charge is -2.38. The zero-order valence-corrected chi connectivity index (χ0v) is 9.42. The zero-order valence-electron chi connectivity index (χ0n) is 9.42. The van der Waals surface area contributed by atoms with Gasteiger partial charge in [0.05, 0.1) is 12.2 Å². The maximum Gasteiger partial charge on any atom is 0.0705 e. The smallest absolute Gasteiger partial charge is 0.0705 e. The summed E-state index contributed by atoms with van der Waals surface area (Å²) >= 11 is 0. The maximum absolute atomic E-state index is 5.82. The predicted molar refractivity (Wildman–Crippen MR) is 56.0 cm³/mol. The summed E-state index contributed by atoms with van der Waals surface area (Å²) in [6.07, 6.45) is 4.60.